The molecule has 0 spiro atoms. The van der Waals surface area contributed by atoms with E-state index in [4.69, 9.17) is 4.74 Å². The molecule has 1 fully saturated rings. The molecule has 1 aliphatic heterocycles. The van der Waals surface area contributed by atoms with E-state index in [9.17, 15) is 0 Å². The molecule has 86 valence electrons. The largest absolute Gasteiger partial charge is 0.378 e. The highest BCUT2D eigenvalue weighted by Gasteiger charge is 2.25. The molecular weight excluding hydrogens is 186 g/mol. The number of likely N-dealkylation sites (tertiary alicyclic amines) is 1. The summed E-state index contributed by atoms with van der Waals surface area (Å²) in [4.78, 5) is 2.38. The van der Waals surface area contributed by atoms with E-state index in [2.05, 4.69) is 44.4 Å². The van der Waals surface area contributed by atoms with Crippen molar-refractivity contribution in [3.05, 3.63) is 0 Å². The predicted molar refractivity (Wildman–Crippen MR) is 63.6 cm³/mol. The van der Waals surface area contributed by atoms with Gasteiger partial charge in [-0.3, -0.25) is 4.90 Å². The summed E-state index contributed by atoms with van der Waals surface area (Å²) >= 11 is 0. The molecule has 15 heavy (non-hydrogen) atoms. The zero-order chi connectivity index (χ0) is 11.3. The van der Waals surface area contributed by atoms with Crippen molar-refractivity contribution in [2.45, 2.75) is 33.8 Å². The third-order valence-corrected chi connectivity index (χ3v) is 2.39. The first-order chi connectivity index (χ1) is 7.08. The van der Waals surface area contributed by atoms with E-state index in [0.717, 1.165) is 32.2 Å². The summed E-state index contributed by atoms with van der Waals surface area (Å²) in [6.07, 6.45) is 0.361. The lowest BCUT2D eigenvalue weighted by molar-refractivity contribution is -0.00437. The molecule has 0 aromatic rings. The minimum atomic E-state index is 0.361. The van der Waals surface area contributed by atoms with Gasteiger partial charge in [0.05, 0.1) is 19.3 Å². The number of ether oxygens (including phenoxy) is 1. The molecule has 0 unspecified atom stereocenters. The highest BCUT2D eigenvalue weighted by molar-refractivity contribution is 5.04. The molecule has 0 saturated carbocycles. The average molecular weight is 209 g/mol. The molecule has 0 radical (unpaired) electrons. The maximum atomic E-state index is 5.57. The normalized spacial score (nSPS) is 17.7. The number of hydrogen-bond acceptors (Lipinski definition) is 2. The van der Waals surface area contributed by atoms with Crippen molar-refractivity contribution < 1.29 is 4.74 Å². The maximum Gasteiger partial charge on any atom is 0.0601 e. The quantitative estimate of drug-likeness (QED) is 0.657. The fraction of sp³-hybridized carbons (Fsp3) is 0.846. The molecule has 0 amide bonds. The molecule has 1 heterocycles. The lowest BCUT2D eigenvalue weighted by Gasteiger charge is -2.38. The van der Waals surface area contributed by atoms with E-state index in [0.29, 0.717) is 12.0 Å². The first-order valence-electron chi connectivity index (χ1n) is 5.90. The van der Waals surface area contributed by atoms with E-state index >= 15 is 0 Å². The molecule has 1 rings (SSSR count). The summed E-state index contributed by atoms with van der Waals surface area (Å²) in [5.41, 5.74) is 0. The third kappa shape index (κ3) is 5.20. The first-order valence-corrected chi connectivity index (χ1v) is 5.90. The Morgan fingerprint density at radius 2 is 1.93 bits per heavy atom. The number of hydrogen-bond donors (Lipinski definition) is 0. The molecule has 0 aliphatic carbocycles. The van der Waals surface area contributed by atoms with Crippen LogP contribution in [0.2, 0.25) is 0 Å². The van der Waals surface area contributed by atoms with E-state index < -0.39 is 0 Å². The van der Waals surface area contributed by atoms with Gasteiger partial charge in [-0.1, -0.05) is 25.7 Å². The van der Waals surface area contributed by atoms with Gasteiger partial charge in [-0.25, -0.2) is 0 Å². The third-order valence-electron chi connectivity index (χ3n) is 2.39. The van der Waals surface area contributed by atoms with E-state index in [-0.39, 0.29) is 0 Å². The van der Waals surface area contributed by atoms with Crippen LogP contribution in [0, 0.1) is 23.7 Å². The van der Waals surface area contributed by atoms with Crippen molar-refractivity contribution in [3.8, 4) is 11.8 Å². The summed E-state index contributed by atoms with van der Waals surface area (Å²) < 4.78 is 5.57. The molecular formula is C13H23NO. The van der Waals surface area contributed by atoms with Gasteiger partial charge in [-0.15, -0.1) is 0 Å². The lowest BCUT2D eigenvalue weighted by Crippen LogP contribution is -2.48. The molecule has 0 atom stereocenters. The lowest BCUT2D eigenvalue weighted by atomic mass is 10.0. The molecule has 1 aliphatic rings. The Morgan fingerprint density at radius 3 is 2.47 bits per heavy atom. The van der Waals surface area contributed by atoms with Gasteiger partial charge in [0.15, 0.2) is 0 Å². The summed E-state index contributed by atoms with van der Waals surface area (Å²) in [5, 5.41) is 0. The standard InChI is InChI=1S/C13H23NO/c1-11(2)6-5-7-14-8-13(9-14)10-15-12(3)4/h11-13H,7-10H2,1-4H3. The van der Waals surface area contributed by atoms with Crippen LogP contribution in [0.3, 0.4) is 0 Å². The van der Waals surface area contributed by atoms with Crippen molar-refractivity contribution in [3.63, 3.8) is 0 Å². The van der Waals surface area contributed by atoms with Crippen molar-refractivity contribution in [2.75, 3.05) is 26.2 Å². The Kier molecular flexibility index (Phi) is 5.14. The second-order valence-corrected chi connectivity index (χ2v) is 4.92. The van der Waals surface area contributed by atoms with Crippen LogP contribution in [-0.4, -0.2) is 37.2 Å². The van der Waals surface area contributed by atoms with E-state index in [1.54, 1.807) is 0 Å². The zero-order valence-electron chi connectivity index (χ0n) is 10.4. The van der Waals surface area contributed by atoms with Gasteiger partial charge in [-0.2, -0.15) is 0 Å². The highest BCUT2D eigenvalue weighted by atomic mass is 16.5. The zero-order valence-corrected chi connectivity index (χ0v) is 10.4. The van der Waals surface area contributed by atoms with Gasteiger partial charge in [-0.05, 0) is 13.8 Å². The molecule has 2 nitrogen and oxygen atoms in total. The topological polar surface area (TPSA) is 12.5 Å². The minimum absolute atomic E-state index is 0.361. The summed E-state index contributed by atoms with van der Waals surface area (Å²) in [7, 11) is 0. The molecule has 0 aromatic carbocycles. The molecule has 0 aromatic heterocycles. The Balaban J connectivity index is 2.03. The van der Waals surface area contributed by atoms with Crippen molar-refractivity contribution in [1.82, 2.24) is 4.90 Å². The Bertz CT molecular complexity index is 231. The van der Waals surface area contributed by atoms with Crippen LogP contribution in [-0.2, 0) is 4.74 Å². The Morgan fingerprint density at radius 1 is 1.27 bits per heavy atom. The monoisotopic (exact) mass is 209 g/mol. The fourth-order valence-electron chi connectivity index (χ4n) is 1.60. The van der Waals surface area contributed by atoms with Crippen LogP contribution in [0.4, 0.5) is 0 Å². The van der Waals surface area contributed by atoms with E-state index in [1.807, 2.05) is 0 Å². The second kappa shape index (κ2) is 6.15. The van der Waals surface area contributed by atoms with E-state index in [1.165, 1.54) is 0 Å². The Hall–Kier alpha value is -0.520. The molecule has 0 N–H and O–H groups in total. The van der Waals surface area contributed by atoms with Crippen LogP contribution in [0.15, 0.2) is 0 Å². The summed E-state index contributed by atoms with van der Waals surface area (Å²) in [6, 6.07) is 0. The van der Waals surface area contributed by atoms with Crippen LogP contribution < -0.4 is 0 Å². The van der Waals surface area contributed by atoms with Crippen molar-refractivity contribution in [1.29, 1.82) is 0 Å². The summed E-state index contributed by atoms with van der Waals surface area (Å²) in [5.74, 6) is 7.62. The van der Waals surface area contributed by atoms with Crippen LogP contribution in [0.25, 0.3) is 0 Å². The molecule has 2 heteroatoms. The number of rotatable bonds is 4. The number of nitrogens with zero attached hydrogens (tertiary/aromatic N) is 1. The van der Waals surface area contributed by atoms with Crippen LogP contribution in [0.5, 0.6) is 0 Å². The predicted octanol–water partition coefficient (Wildman–Crippen LogP) is 2.00. The van der Waals surface area contributed by atoms with Gasteiger partial charge in [0.2, 0.25) is 0 Å². The van der Waals surface area contributed by atoms with Crippen LogP contribution in [0.1, 0.15) is 27.7 Å². The average Bonchev–Trinajstić information content (AvgIpc) is 2.06. The summed E-state index contributed by atoms with van der Waals surface area (Å²) in [6.45, 7) is 12.6. The van der Waals surface area contributed by atoms with Gasteiger partial charge in [0.1, 0.15) is 0 Å². The van der Waals surface area contributed by atoms with Crippen LogP contribution >= 0.6 is 0 Å². The van der Waals surface area contributed by atoms with Gasteiger partial charge in [0.25, 0.3) is 0 Å². The van der Waals surface area contributed by atoms with Gasteiger partial charge >= 0.3 is 0 Å². The van der Waals surface area contributed by atoms with Crippen molar-refractivity contribution in [2.24, 2.45) is 11.8 Å². The van der Waals surface area contributed by atoms with Gasteiger partial charge in [0, 0.05) is 24.9 Å². The van der Waals surface area contributed by atoms with Gasteiger partial charge < -0.3 is 4.74 Å². The fourth-order valence-corrected chi connectivity index (χ4v) is 1.60. The minimum Gasteiger partial charge on any atom is -0.378 e. The maximum absolute atomic E-state index is 5.57. The molecule has 0 bridgehead atoms. The molecule has 1 saturated heterocycles. The SMILES string of the molecule is CC(C)C#CCN1CC(COC(C)C)C1. The first kappa shape index (κ1) is 12.5. The highest BCUT2D eigenvalue weighted by Crippen LogP contribution is 2.15. The smallest absolute Gasteiger partial charge is 0.0601 e. The Labute approximate surface area is 94.0 Å². The van der Waals surface area contributed by atoms with Crippen molar-refractivity contribution >= 4 is 0 Å². The second-order valence-electron chi connectivity index (χ2n) is 4.92.